The molecule has 0 saturated heterocycles. The number of hydrogen-bond acceptors (Lipinski definition) is 4. The van der Waals surface area contributed by atoms with E-state index in [0.717, 1.165) is 10.9 Å². The van der Waals surface area contributed by atoms with Crippen molar-refractivity contribution >= 4 is 28.8 Å². The summed E-state index contributed by atoms with van der Waals surface area (Å²) in [6.07, 6.45) is 7.64. The summed E-state index contributed by atoms with van der Waals surface area (Å²) in [6, 6.07) is 11.1. The standard InChI is InChI=1S/C22H15FN4O2/c23-18-10-13(4-6-16(18)21(29)19-3-1-2-8-25-19)15-9-17-14(5-7-20(24)28)11-26-22(17)27-12-15/h1-12H,(H2,24,28)(H,26,27). The summed E-state index contributed by atoms with van der Waals surface area (Å²) in [5, 5.41) is 0.758. The van der Waals surface area contributed by atoms with E-state index in [1.807, 2.05) is 6.07 Å². The van der Waals surface area contributed by atoms with Gasteiger partial charge in [-0.1, -0.05) is 12.1 Å². The van der Waals surface area contributed by atoms with Crippen LogP contribution in [0, 0.1) is 5.82 Å². The molecule has 0 fully saturated rings. The highest BCUT2D eigenvalue weighted by Crippen LogP contribution is 2.27. The van der Waals surface area contributed by atoms with Crippen molar-refractivity contribution in [2.75, 3.05) is 0 Å². The maximum Gasteiger partial charge on any atom is 0.241 e. The number of fused-ring (bicyclic) bond motifs is 1. The fraction of sp³-hybridized carbons (Fsp3) is 0. The lowest BCUT2D eigenvalue weighted by atomic mass is 10.0. The van der Waals surface area contributed by atoms with Gasteiger partial charge in [-0.3, -0.25) is 14.6 Å². The number of ketones is 1. The van der Waals surface area contributed by atoms with Crippen molar-refractivity contribution in [3.8, 4) is 11.1 Å². The molecule has 142 valence electrons. The average molecular weight is 386 g/mol. The first-order valence-corrected chi connectivity index (χ1v) is 8.73. The summed E-state index contributed by atoms with van der Waals surface area (Å²) in [5.74, 6) is -1.67. The van der Waals surface area contributed by atoms with E-state index in [0.29, 0.717) is 16.8 Å². The predicted molar refractivity (Wildman–Crippen MR) is 107 cm³/mol. The highest BCUT2D eigenvalue weighted by molar-refractivity contribution is 6.08. The Morgan fingerprint density at radius 1 is 1.07 bits per heavy atom. The number of nitrogens with two attached hydrogens (primary N) is 1. The lowest BCUT2D eigenvalue weighted by Crippen LogP contribution is -2.06. The van der Waals surface area contributed by atoms with Crippen LogP contribution in [0.5, 0.6) is 0 Å². The number of H-pyrrole nitrogens is 1. The Kier molecular flexibility index (Phi) is 4.70. The fourth-order valence-electron chi connectivity index (χ4n) is 3.01. The Balaban J connectivity index is 1.71. The van der Waals surface area contributed by atoms with Crippen LogP contribution < -0.4 is 5.73 Å². The molecular formula is C22H15FN4O2. The number of halogens is 1. The molecule has 4 aromatic rings. The van der Waals surface area contributed by atoms with Crippen molar-refractivity contribution in [1.82, 2.24) is 15.0 Å². The van der Waals surface area contributed by atoms with Crippen LogP contribution in [0.3, 0.4) is 0 Å². The Morgan fingerprint density at radius 2 is 1.93 bits per heavy atom. The van der Waals surface area contributed by atoms with E-state index < -0.39 is 17.5 Å². The average Bonchev–Trinajstić information content (AvgIpc) is 3.14. The molecule has 0 aliphatic heterocycles. The number of carbonyl (C=O) groups excluding carboxylic acids is 2. The summed E-state index contributed by atoms with van der Waals surface area (Å²) < 4.78 is 14.7. The molecule has 0 aliphatic rings. The van der Waals surface area contributed by atoms with Gasteiger partial charge in [0.25, 0.3) is 0 Å². The molecule has 3 N–H and O–H groups in total. The molecular weight excluding hydrogens is 371 g/mol. The first-order chi connectivity index (χ1) is 14.0. The Hall–Kier alpha value is -4.13. The molecule has 0 atom stereocenters. The zero-order chi connectivity index (χ0) is 20.4. The minimum atomic E-state index is -0.638. The van der Waals surface area contributed by atoms with Gasteiger partial charge in [0.15, 0.2) is 0 Å². The zero-order valence-corrected chi connectivity index (χ0v) is 15.1. The van der Waals surface area contributed by atoms with Crippen LogP contribution in [0.15, 0.2) is 67.1 Å². The summed E-state index contributed by atoms with van der Waals surface area (Å²) in [6.45, 7) is 0. The van der Waals surface area contributed by atoms with Gasteiger partial charge in [0.2, 0.25) is 11.7 Å². The van der Waals surface area contributed by atoms with Gasteiger partial charge in [0.05, 0.1) is 5.56 Å². The highest BCUT2D eigenvalue weighted by atomic mass is 19.1. The third kappa shape index (κ3) is 3.66. The van der Waals surface area contributed by atoms with Crippen LogP contribution >= 0.6 is 0 Å². The van der Waals surface area contributed by atoms with Crippen LogP contribution in [0.25, 0.3) is 28.2 Å². The largest absolute Gasteiger partial charge is 0.366 e. The van der Waals surface area contributed by atoms with Crippen molar-refractivity contribution in [2.24, 2.45) is 5.73 Å². The van der Waals surface area contributed by atoms with E-state index >= 15 is 0 Å². The van der Waals surface area contributed by atoms with Crippen LogP contribution in [0.1, 0.15) is 21.6 Å². The topological polar surface area (TPSA) is 102 Å². The van der Waals surface area contributed by atoms with Gasteiger partial charge in [-0.25, -0.2) is 9.37 Å². The zero-order valence-electron chi connectivity index (χ0n) is 15.1. The van der Waals surface area contributed by atoms with Gasteiger partial charge in [0, 0.05) is 41.2 Å². The van der Waals surface area contributed by atoms with Crippen molar-refractivity contribution in [1.29, 1.82) is 0 Å². The number of pyridine rings is 2. The minimum absolute atomic E-state index is 0.0480. The third-order valence-electron chi connectivity index (χ3n) is 4.43. The monoisotopic (exact) mass is 386 g/mol. The number of primary amides is 1. The number of carbonyl (C=O) groups is 2. The van der Waals surface area contributed by atoms with E-state index in [2.05, 4.69) is 15.0 Å². The Labute approximate surface area is 164 Å². The van der Waals surface area contributed by atoms with Crippen molar-refractivity contribution in [3.05, 3.63) is 89.8 Å². The third-order valence-corrected chi connectivity index (χ3v) is 4.43. The van der Waals surface area contributed by atoms with Crippen LogP contribution in [-0.2, 0) is 4.79 Å². The molecule has 0 radical (unpaired) electrons. The van der Waals surface area contributed by atoms with E-state index in [-0.39, 0.29) is 11.3 Å². The predicted octanol–water partition coefficient (Wildman–Crippen LogP) is 3.49. The maximum absolute atomic E-state index is 14.7. The second kappa shape index (κ2) is 7.47. The van der Waals surface area contributed by atoms with Gasteiger partial charge >= 0.3 is 0 Å². The molecule has 1 amide bonds. The van der Waals surface area contributed by atoms with Gasteiger partial charge in [-0.05, 0) is 42.0 Å². The molecule has 0 saturated carbocycles. The second-order valence-electron chi connectivity index (χ2n) is 6.34. The van der Waals surface area contributed by atoms with E-state index in [1.165, 1.54) is 24.4 Å². The van der Waals surface area contributed by atoms with Crippen molar-refractivity contribution in [2.45, 2.75) is 0 Å². The fourth-order valence-corrected chi connectivity index (χ4v) is 3.01. The smallest absolute Gasteiger partial charge is 0.241 e. The van der Waals surface area contributed by atoms with Crippen LogP contribution in [-0.4, -0.2) is 26.6 Å². The van der Waals surface area contributed by atoms with E-state index in [4.69, 9.17) is 5.73 Å². The molecule has 0 aliphatic carbocycles. The number of nitrogens with zero attached hydrogens (tertiary/aromatic N) is 2. The van der Waals surface area contributed by atoms with Crippen LogP contribution in [0.4, 0.5) is 4.39 Å². The highest BCUT2D eigenvalue weighted by Gasteiger charge is 2.16. The Morgan fingerprint density at radius 3 is 2.66 bits per heavy atom. The quantitative estimate of drug-likeness (QED) is 0.405. The van der Waals surface area contributed by atoms with Gasteiger partial charge in [-0.15, -0.1) is 0 Å². The summed E-state index contributed by atoms with van der Waals surface area (Å²) >= 11 is 0. The lowest BCUT2D eigenvalue weighted by Gasteiger charge is -2.06. The van der Waals surface area contributed by atoms with Gasteiger partial charge in [0.1, 0.15) is 17.2 Å². The van der Waals surface area contributed by atoms with Crippen molar-refractivity contribution < 1.29 is 14.0 Å². The number of hydrogen-bond donors (Lipinski definition) is 2. The molecule has 3 aromatic heterocycles. The van der Waals surface area contributed by atoms with Crippen molar-refractivity contribution in [3.63, 3.8) is 0 Å². The Bertz CT molecular complexity index is 1260. The number of aromatic nitrogens is 3. The van der Waals surface area contributed by atoms with Crippen LogP contribution in [0.2, 0.25) is 0 Å². The molecule has 7 heteroatoms. The number of amides is 1. The molecule has 6 nitrogen and oxygen atoms in total. The van der Waals surface area contributed by atoms with E-state index in [9.17, 15) is 14.0 Å². The molecule has 4 rings (SSSR count). The maximum atomic E-state index is 14.7. The van der Waals surface area contributed by atoms with E-state index in [1.54, 1.807) is 42.7 Å². The lowest BCUT2D eigenvalue weighted by molar-refractivity contribution is -0.113. The first kappa shape index (κ1) is 18.2. The first-order valence-electron chi connectivity index (χ1n) is 8.73. The molecule has 0 spiro atoms. The van der Waals surface area contributed by atoms with Gasteiger partial charge < -0.3 is 10.7 Å². The molecule has 3 heterocycles. The number of nitrogens with one attached hydrogen (secondary N) is 1. The summed E-state index contributed by atoms with van der Waals surface area (Å²) in [7, 11) is 0. The molecule has 0 unspecified atom stereocenters. The second-order valence-corrected chi connectivity index (χ2v) is 6.34. The SMILES string of the molecule is NC(=O)C=Cc1c[nH]c2ncc(-c3ccc(C(=O)c4ccccn4)c(F)c3)cc12. The number of aromatic amines is 1. The summed E-state index contributed by atoms with van der Waals surface area (Å²) in [4.78, 5) is 34.8. The summed E-state index contributed by atoms with van der Waals surface area (Å²) in [5.41, 5.74) is 7.87. The number of rotatable bonds is 5. The molecule has 29 heavy (non-hydrogen) atoms. The molecule has 1 aromatic carbocycles. The van der Waals surface area contributed by atoms with Gasteiger partial charge in [-0.2, -0.15) is 0 Å². The normalized spacial score (nSPS) is 11.2. The minimum Gasteiger partial charge on any atom is -0.366 e. The number of benzene rings is 1. The molecule has 0 bridgehead atoms.